The predicted octanol–water partition coefficient (Wildman–Crippen LogP) is 4.34. The second-order valence-electron chi connectivity index (χ2n) is 8.77. The fraction of sp³-hybridized carbons (Fsp3) is 0.400. The number of nitrogens with one attached hydrogen (secondary N) is 1. The molecular weight excluding hydrogens is 418 g/mol. The van der Waals surface area contributed by atoms with Crippen molar-refractivity contribution in [2.75, 3.05) is 13.2 Å². The number of ether oxygens (including phenoxy) is 1. The Morgan fingerprint density at radius 1 is 1.12 bits per heavy atom. The zero-order chi connectivity index (χ0) is 22.2. The van der Waals surface area contributed by atoms with Gasteiger partial charge in [-0.05, 0) is 87.3 Å². The number of rotatable bonds is 5. The molecule has 32 heavy (non-hydrogen) atoms. The van der Waals surface area contributed by atoms with Crippen LogP contribution >= 0.6 is 12.2 Å². The van der Waals surface area contributed by atoms with Crippen LogP contribution in [0.4, 0.5) is 0 Å². The van der Waals surface area contributed by atoms with Crippen molar-refractivity contribution < 1.29 is 4.74 Å². The summed E-state index contributed by atoms with van der Waals surface area (Å²) in [5, 5.41) is 4.33. The summed E-state index contributed by atoms with van der Waals surface area (Å²) in [6, 6.07) is 12.5. The van der Waals surface area contributed by atoms with E-state index in [0.29, 0.717) is 0 Å². The van der Waals surface area contributed by atoms with Crippen molar-refractivity contribution >= 4 is 17.3 Å². The molecule has 166 valence electrons. The third-order valence-electron chi connectivity index (χ3n) is 6.54. The first-order valence-corrected chi connectivity index (χ1v) is 11.7. The molecule has 0 radical (unpaired) electrons. The first-order chi connectivity index (χ1) is 15.5. The molecule has 0 saturated carbocycles. The lowest BCUT2D eigenvalue weighted by atomic mass is 9.96. The van der Waals surface area contributed by atoms with E-state index in [4.69, 9.17) is 17.0 Å². The van der Waals surface area contributed by atoms with Crippen molar-refractivity contribution in [2.24, 2.45) is 0 Å². The molecule has 3 atom stereocenters. The van der Waals surface area contributed by atoms with E-state index < -0.39 is 0 Å². The number of nitrogens with zero attached hydrogens (tertiary/aromatic N) is 4. The van der Waals surface area contributed by atoms with Crippen molar-refractivity contribution in [1.82, 2.24) is 24.8 Å². The summed E-state index contributed by atoms with van der Waals surface area (Å²) >= 11 is 5.84. The Morgan fingerprint density at radius 3 is 2.72 bits per heavy atom. The van der Waals surface area contributed by atoms with Gasteiger partial charge in [0.15, 0.2) is 5.11 Å². The number of thiocarbonyl (C=S) groups is 1. The van der Waals surface area contributed by atoms with Crippen LogP contribution in [-0.2, 0) is 4.74 Å². The van der Waals surface area contributed by atoms with E-state index in [-0.39, 0.29) is 18.2 Å². The van der Waals surface area contributed by atoms with Gasteiger partial charge >= 0.3 is 0 Å². The van der Waals surface area contributed by atoms with Gasteiger partial charge in [0.2, 0.25) is 0 Å². The van der Waals surface area contributed by atoms with E-state index in [1.54, 1.807) is 0 Å². The van der Waals surface area contributed by atoms with Crippen molar-refractivity contribution in [1.29, 1.82) is 0 Å². The van der Waals surface area contributed by atoms with E-state index in [1.165, 1.54) is 16.8 Å². The highest BCUT2D eigenvalue weighted by Crippen LogP contribution is 2.41. The van der Waals surface area contributed by atoms with Gasteiger partial charge in [-0.1, -0.05) is 6.07 Å². The van der Waals surface area contributed by atoms with Crippen molar-refractivity contribution in [3.63, 3.8) is 0 Å². The third kappa shape index (κ3) is 3.80. The minimum atomic E-state index is -0.0236. The van der Waals surface area contributed by atoms with Gasteiger partial charge in [-0.25, -0.2) is 4.98 Å². The number of pyridine rings is 2. The Hall–Kier alpha value is -2.77. The molecule has 0 bridgehead atoms. The van der Waals surface area contributed by atoms with Gasteiger partial charge in [0.1, 0.15) is 5.82 Å². The van der Waals surface area contributed by atoms with E-state index in [0.717, 1.165) is 48.3 Å². The summed E-state index contributed by atoms with van der Waals surface area (Å²) in [5.74, 6) is 0.944. The van der Waals surface area contributed by atoms with Gasteiger partial charge < -0.3 is 19.5 Å². The Kier molecular flexibility index (Phi) is 5.69. The zero-order valence-corrected chi connectivity index (χ0v) is 19.6. The minimum absolute atomic E-state index is 0.0236. The monoisotopic (exact) mass is 447 g/mol. The van der Waals surface area contributed by atoms with Crippen LogP contribution in [0.3, 0.4) is 0 Å². The molecule has 0 spiro atoms. The summed E-state index contributed by atoms with van der Waals surface area (Å²) in [6.07, 6.45) is 6.12. The summed E-state index contributed by atoms with van der Waals surface area (Å²) in [5.41, 5.74) is 5.76. The quantitative estimate of drug-likeness (QED) is 0.587. The van der Waals surface area contributed by atoms with Crippen LogP contribution in [0.25, 0.3) is 5.82 Å². The van der Waals surface area contributed by atoms with E-state index >= 15 is 0 Å². The van der Waals surface area contributed by atoms with Crippen LogP contribution in [0.5, 0.6) is 0 Å². The Balaban J connectivity index is 1.59. The molecule has 0 unspecified atom stereocenters. The molecule has 5 heterocycles. The first-order valence-electron chi connectivity index (χ1n) is 11.2. The van der Waals surface area contributed by atoms with E-state index in [2.05, 4.69) is 63.7 Å². The smallest absolute Gasteiger partial charge is 0.170 e. The Morgan fingerprint density at radius 2 is 2.00 bits per heavy atom. The molecule has 7 heteroatoms. The molecule has 2 aliphatic rings. The maximum atomic E-state index is 5.97. The lowest BCUT2D eigenvalue weighted by molar-refractivity contribution is 0.0842. The van der Waals surface area contributed by atoms with E-state index in [1.807, 2.05) is 30.6 Å². The average molecular weight is 448 g/mol. The van der Waals surface area contributed by atoms with Gasteiger partial charge in [-0.2, -0.15) is 0 Å². The first kappa shape index (κ1) is 21.1. The molecule has 2 saturated heterocycles. The normalized spacial score (nSPS) is 23.0. The zero-order valence-electron chi connectivity index (χ0n) is 18.8. The van der Waals surface area contributed by atoms with Crippen LogP contribution < -0.4 is 5.32 Å². The molecule has 0 amide bonds. The molecule has 3 aromatic rings. The molecule has 3 aromatic heterocycles. The average Bonchev–Trinajstić information content (AvgIpc) is 3.48. The molecule has 2 aliphatic heterocycles. The molecule has 1 N–H and O–H groups in total. The predicted molar refractivity (Wildman–Crippen MR) is 129 cm³/mol. The van der Waals surface area contributed by atoms with Gasteiger partial charge in [0.05, 0.1) is 23.9 Å². The molecule has 6 nitrogen and oxygen atoms in total. The maximum absolute atomic E-state index is 5.97. The largest absolute Gasteiger partial charge is 0.376 e. The Bertz CT molecular complexity index is 1120. The molecule has 5 rings (SSSR count). The standard InChI is InChI=1S/C25H29N5OS/c1-16-9-11-27-22(13-16)30-17(2)14-20(18(30)3)24-23(21-8-4-5-10-26-21)28-25(32)29(24)15-19-7-6-12-31-19/h4-5,8-11,13-14,19,23-24H,6-7,12,15H2,1-3H3,(H,28,32)/t19-,23-,24-/m1/s1. The highest BCUT2D eigenvalue weighted by atomic mass is 32.1. The minimum Gasteiger partial charge on any atom is -0.376 e. The fourth-order valence-electron chi connectivity index (χ4n) is 5.03. The fourth-order valence-corrected chi connectivity index (χ4v) is 5.35. The molecular formula is C25H29N5OS. The summed E-state index contributed by atoms with van der Waals surface area (Å²) < 4.78 is 8.21. The SMILES string of the molecule is Cc1ccnc(-n2c(C)cc([C@@H]3[C@@H](c4ccccn4)NC(=S)N3C[C@H]3CCCO3)c2C)c1. The number of aryl methyl sites for hydroxylation is 2. The number of hydrogen-bond donors (Lipinski definition) is 1. The molecule has 0 aromatic carbocycles. The number of aromatic nitrogens is 3. The van der Waals surface area contributed by atoms with E-state index in [9.17, 15) is 0 Å². The van der Waals surface area contributed by atoms with Crippen LogP contribution in [0.1, 0.15) is 53.1 Å². The van der Waals surface area contributed by atoms with Crippen LogP contribution in [0, 0.1) is 20.8 Å². The Labute approximate surface area is 194 Å². The van der Waals surface area contributed by atoms with Gasteiger partial charge in [-0.15, -0.1) is 0 Å². The second kappa shape index (κ2) is 8.64. The van der Waals surface area contributed by atoms with Crippen LogP contribution in [-0.4, -0.2) is 43.8 Å². The maximum Gasteiger partial charge on any atom is 0.170 e. The van der Waals surface area contributed by atoms with Crippen molar-refractivity contribution in [3.05, 3.63) is 77.0 Å². The highest BCUT2D eigenvalue weighted by Gasteiger charge is 2.42. The summed E-state index contributed by atoms with van der Waals surface area (Å²) in [7, 11) is 0. The van der Waals surface area contributed by atoms with Crippen LogP contribution in [0.2, 0.25) is 0 Å². The van der Waals surface area contributed by atoms with Crippen molar-refractivity contribution in [2.45, 2.75) is 51.8 Å². The van der Waals surface area contributed by atoms with Crippen molar-refractivity contribution in [3.8, 4) is 5.82 Å². The summed E-state index contributed by atoms with van der Waals surface area (Å²) in [4.78, 5) is 11.6. The topological polar surface area (TPSA) is 55.2 Å². The lowest BCUT2D eigenvalue weighted by Crippen LogP contribution is -2.36. The lowest BCUT2D eigenvalue weighted by Gasteiger charge is -2.30. The molecule has 2 fully saturated rings. The van der Waals surface area contributed by atoms with Gasteiger partial charge in [0.25, 0.3) is 0 Å². The van der Waals surface area contributed by atoms with Gasteiger partial charge in [0, 0.05) is 36.9 Å². The number of hydrogen-bond acceptors (Lipinski definition) is 4. The highest BCUT2D eigenvalue weighted by molar-refractivity contribution is 7.80. The molecule has 0 aliphatic carbocycles. The van der Waals surface area contributed by atoms with Gasteiger partial charge in [-0.3, -0.25) is 4.98 Å². The second-order valence-corrected chi connectivity index (χ2v) is 9.15. The van der Waals surface area contributed by atoms with Crippen LogP contribution in [0.15, 0.2) is 48.8 Å². The third-order valence-corrected chi connectivity index (χ3v) is 6.89. The summed E-state index contributed by atoms with van der Waals surface area (Å²) in [6.45, 7) is 8.03.